The van der Waals surface area contributed by atoms with E-state index in [1.165, 1.54) is 16.8 Å². The number of rotatable bonds is 2. The van der Waals surface area contributed by atoms with Crippen LogP contribution in [-0.4, -0.2) is 49.7 Å². The monoisotopic (exact) mass is 288 g/mol. The molecule has 0 radical (unpaired) electrons. The Morgan fingerprint density at radius 1 is 1.14 bits per heavy atom. The second-order valence-corrected chi connectivity index (χ2v) is 6.05. The molecule has 2 aliphatic heterocycles. The Kier molecular flexibility index (Phi) is 4.15. The minimum Gasteiger partial charge on any atom is -0.368 e. The average Bonchev–Trinajstić information content (AvgIpc) is 3.01. The number of ether oxygens (including phenoxy) is 1. The summed E-state index contributed by atoms with van der Waals surface area (Å²) < 4.78 is 5.51. The van der Waals surface area contributed by atoms with Gasteiger partial charge in [-0.25, -0.2) is 0 Å². The molecule has 0 bridgehead atoms. The van der Waals surface area contributed by atoms with E-state index in [1.807, 2.05) is 4.90 Å². The van der Waals surface area contributed by atoms with Gasteiger partial charge in [-0.2, -0.15) is 0 Å². The highest BCUT2D eigenvalue weighted by Crippen LogP contribution is 2.26. The fraction of sp³-hybridized carbons (Fsp3) is 0.588. The van der Waals surface area contributed by atoms with Crippen LogP contribution >= 0.6 is 0 Å². The van der Waals surface area contributed by atoms with E-state index in [0.29, 0.717) is 0 Å². The van der Waals surface area contributed by atoms with E-state index in [2.05, 4.69) is 36.9 Å². The third kappa shape index (κ3) is 2.91. The molecule has 2 fully saturated rings. The second-order valence-electron chi connectivity index (χ2n) is 6.05. The first-order valence-corrected chi connectivity index (χ1v) is 7.88. The van der Waals surface area contributed by atoms with Crippen molar-refractivity contribution in [2.24, 2.45) is 0 Å². The highest BCUT2D eigenvalue weighted by molar-refractivity contribution is 5.81. The molecule has 3 rings (SSSR count). The van der Waals surface area contributed by atoms with Gasteiger partial charge in [-0.15, -0.1) is 0 Å². The summed E-state index contributed by atoms with van der Waals surface area (Å²) in [6.45, 7) is 8.46. The lowest BCUT2D eigenvalue weighted by Crippen LogP contribution is -2.51. The van der Waals surface area contributed by atoms with Crippen molar-refractivity contribution in [3.05, 3.63) is 29.3 Å². The Hall–Kier alpha value is -1.55. The van der Waals surface area contributed by atoms with E-state index >= 15 is 0 Å². The molecular formula is C17H24N2O2. The minimum absolute atomic E-state index is 0.184. The van der Waals surface area contributed by atoms with Crippen molar-refractivity contribution in [1.29, 1.82) is 0 Å². The van der Waals surface area contributed by atoms with Gasteiger partial charge < -0.3 is 14.5 Å². The molecule has 1 aromatic rings. The second kappa shape index (κ2) is 6.06. The molecule has 2 saturated heterocycles. The molecule has 0 aromatic heterocycles. The largest absolute Gasteiger partial charge is 0.368 e. The summed E-state index contributed by atoms with van der Waals surface area (Å²) in [6.07, 6.45) is 1.71. The SMILES string of the molecule is Cc1cccc(C)c1N1CCN(C(=O)C2CCCO2)CC1. The first-order chi connectivity index (χ1) is 10.2. The number of hydrogen-bond donors (Lipinski definition) is 0. The standard InChI is InChI=1S/C17H24N2O2/c1-13-5-3-6-14(2)16(13)18-8-10-19(11-9-18)17(20)15-7-4-12-21-15/h3,5-6,15H,4,7-12H2,1-2H3. The van der Waals surface area contributed by atoms with Gasteiger partial charge in [0.2, 0.25) is 0 Å². The van der Waals surface area contributed by atoms with E-state index in [-0.39, 0.29) is 12.0 Å². The van der Waals surface area contributed by atoms with Crippen LogP contribution in [0.15, 0.2) is 18.2 Å². The Balaban J connectivity index is 1.63. The predicted molar refractivity (Wildman–Crippen MR) is 83.7 cm³/mol. The number of amides is 1. The third-order valence-corrected chi connectivity index (χ3v) is 4.55. The molecule has 4 heteroatoms. The molecule has 2 aliphatic rings. The molecule has 1 amide bonds. The third-order valence-electron chi connectivity index (χ3n) is 4.55. The van der Waals surface area contributed by atoms with Gasteiger partial charge in [0, 0.05) is 38.5 Å². The Morgan fingerprint density at radius 2 is 1.81 bits per heavy atom. The molecule has 0 aliphatic carbocycles. The minimum atomic E-state index is -0.184. The van der Waals surface area contributed by atoms with Crippen molar-refractivity contribution < 1.29 is 9.53 Å². The smallest absolute Gasteiger partial charge is 0.251 e. The fourth-order valence-electron chi connectivity index (χ4n) is 3.43. The average molecular weight is 288 g/mol. The van der Waals surface area contributed by atoms with Crippen molar-refractivity contribution in [1.82, 2.24) is 4.90 Å². The Labute approximate surface area is 126 Å². The van der Waals surface area contributed by atoms with Crippen LogP contribution in [0.2, 0.25) is 0 Å². The lowest BCUT2D eigenvalue weighted by Gasteiger charge is -2.38. The van der Waals surface area contributed by atoms with E-state index in [1.54, 1.807) is 0 Å². The molecular weight excluding hydrogens is 264 g/mol. The normalized spacial score (nSPS) is 22.7. The number of para-hydroxylation sites is 1. The topological polar surface area (TPSA) is 32.8 Å². The maximum absolute atomic E-state index is 12.4. The number of anilines is 1. The summed E-state index contributed by atoms with van der Waals surface area (Å²) in [7, 11) is 0. The predicted octanol–water partition coefficient (Wildman–Crippen LogP) is 2.13. The summed E-state index contributed by atoms with van der Waals surface area (Å²) in [6, 6.07) is 6.42. The number of aryl methyl sites for hydroxylation is 2. The molecule has 114 valence electrons. The summed E-state index contributed by atoms with van der Waals surface area (Å²) in [5.74, 6) is 0.189. The maximum Gasteiger partial charge on any atom is 0.251 e. The van der Waals surface area contributed by atoms with Gasteiger partial charge in [0.05, 0.1) is 0 Å². The van der Waals surface area contributed by atoms with Crippen LogP contribution in [0.4, 0.5) is 5.69 Å². The van der Waals surface area contributed by atoms with Crippen LogP contribution in [0.3, 0.4) is 0 Å². The zero-order valence-corrected chi connectivity index (χ0v) is 13.0. The van der Waals surface area contributed by atoms with Gasteiger partial charge in [-0.1, -0.05) is 18.2 Å². The van der Waals surface area contributed by atoms with Crippen LogP contribution in [0.25, 0.3) is 0 Å². The number of carbonyl (C=O) groups is 1. The zero-order chi connectivity index (χ0) is 14.8. The molecule has 21 heavy (non-hydrogen) atoms. The number of benzene rings is 1. The van der Waals surface area contributed by atoms with Crippen LogP contribution < -0.4 is 4.90 Å². The number of hydrogen-bond acceptors (Lipinski definition) is 3. The molecule has 4 nitrogen and oxygen atoms in total. The highest BCUT2D eigenvalue weighted by atomic mass is 16.5. The number of carbonyl (C=O) groups excluding carboxylic acids is 1. The fourth-order valence-corrected chi connectivity index (χ4v) is 3.43. The molecule has 1 atom stereocenters. The molecule has 0 N–H and O–H groups in total. The van der Waals surface area contributed by atoms with Crippen LogP contribution in [0.1, 0.15) is 24.0 Å². The van der Waals surface area contributed by atoms with Crippen molar-refractivity contribution in [3.63, 3.8) is 0 Å². The molecule has 1 aromatic carbocycles. The summed E-state index contributed by atoms with van der Waals surface area (Å²) in [5, 5.41) is 0. The zero-order valence-electron chi connectivity index (χ0n) is 13.0. The number of piperazine rings is 1. The van der Waals surface area contributed by atoms with Crippen LogP contribution in [0.5, 0.6) is 0 Å². The van der Waals surface area contributed by atoms with E-state index < -0.39 is 0 Å². The van der Waals surface area contributed by atoms with Crippen LogP contribution in [0, 0.1) is 13.8 Å². The van der Waals surface area contributed by atoms with E-state index in [9.17, 15) is 4.79 Å². The summed E-state index contributed by atoms with van der Waals surface area (Å²) >= 11 is 0. The Morgan fingerprint density at radius 3 is 2.38 bits per heavy atom. The van der Waals surface area contributed by atoms with Gasteiger partial charge in [-0.3, -0.25) is 4.79 Å². The molecule has 0 saturated carbocycles. The highest BCUT2D eigenvalue weighted by Gasteiger charge is 2.30. The molecule has 2 heterocycles. The molecule has 1 unspecified atom stereocenters. The van der Waals surface area contributed by atoms with Crippen LogP contribution in [-0.2, 0) is 9.53 Å². The summed E-state index contributed by atoms with van der Waals surface area (Å²) in [5.41, 5.74) is 3.96. The van der Waals surface area contributed by atoms with Gasteiger partial charge >= 0.3 is 0 Å². The van der Waals surface area contributed by atoms with E-state index in [4.69, 9.17) is 4.74 Å². The lowest BCUT2D eigenvalue weighted by atomic mass is 10.1. The lowest BCUT2D eigenvalue weighted by molar-refractivity contribution is -0.141. The van der Waals surface area contributed by atoms with Gasteiger partial charge in [0.15, 0.2) is 0 Å². The van der Waals surface area contributed by atoms with Crippen molar-refractivity contribution in [3.8, 4) is 0 Å². The van der Waals surface area contributed by atoms with Crippen molar-refractivity contribution in [2.75, 3.05) is 37.7 Å². The number of nitrogens with zero attached hydrogens (tertiary/aromatic N) is 2. The van der Waals surface area contributed by atoms with Crippen molar-refractivity contribution >= 4 is 11.6 Å². The quantitative estimate of drug-likeness (QED) is 0.836. The van der Waals surface area contributed by atoms with E-state index in [0.717, 1.165) is 45.6 Å². The first-order valence-electron chi connectivity index (χ1n) is 7.88. The van der Waals surface area contributed by atoms with Crippen molar-refractivity contribution in [2.45, 2.75) is 32.8 Å². The first kappa shape index (κ1) is 14.4. The van der Waals surface area contributed by atoms with Gasteiger partial charge in [-0.05, 0) is 37.8 Å². The molecule has 0 spiro atoms. The maximum atomic E-state index is 12.4. The van der Waals surface area contributed by atoms with Gasteiger partial charge in [0.25, 0.3) is 5.91 Å². The Bertz CT molecular complexity index is 495. The van der Waals surface area contributed by atoms with Gasteiger partial charge in [0.1, 0.15) is 6.10 Å². The summed E-state index contributed by atoms with van der Waals surface area (Å²) in [4.78, 5) is 16.7.